The van der Waals surface area contributed by atoms with Gasteiger partial charge in [-0.1, -0.05) is 34.1 Å². The molecule has 0 spiro atoms. The van der Waals surface area contributed by atoms with Crippen molar-refractivity contribution in [1.82, 2.24) is 14.8 Å². The summed E-state index contributed by atoms with van der Waals surface area (Å²) in [4.78, 5) is 4.29. The standard InChI is InChI=1S/C14H18BrN3O/c1-18-14(16-10-17-18)8-11(9-15)7-12-5-3-4-6-13(12)19-2/h3-6,10-11H,7-9H2,1-2H3. The van der Waals surface area contributed by atoms with Crippen LogP contribution in [0.3, 0.4) is 0 Å². The third kappa shape index (κ3) is 3.56. The summed E-state index contributed by atoms with van der Waals surface area (Å²) in [5.74, 6) is 2.44. The van der Waals surface area contributed by atoms with Crippen LogP contribution in [0.1, 0.15) is 11.4 Å². The summed E-state index contributed by atoms with van der Waals surface area (Å²) in [5, 5.41) is 5.04. The second-order valence-electron chi connectivity index (χ2n) is 4.54. The molecule has 2 rings (SSSR count). The number of hydrogen-bond donors (Lipinski definition) is 0. The fourth-order valence-corrected chi connectivity index (χ4v) is 2.58. The minimum absolute atomic E-state index is 0.471. The predicted molar refractivity (Wildman–Crippen MR) is 78.7 cm³/mol. The van der Waals surface area contributed by atoms with Crippen LogP contribution in [0.5, 0.6) is 5.75 Å². The van der Waals surface area contributed by atoms with E-state index in [4.69, 9.17) is 4.74 Å². The van der Waals surface area contributed by atoms with Crippen molar-refractivity contribution in [3.05, 3.63) is 42.0 Å². The monoisotopic (exact) mass is 323 g/mol. The van der Waals surface area contributed by atoms with E-state index in [2.05, 4.69) is 32.1 Å². The number of halogens is 1. The number of methoxy groups -OCH3 is 1. The summed E-state index contributed by atoms with van der Waals surface area (Å²) in [5.41, 5.74) is 1.23. The summed E-state index contributed by atoms with van der Waals surface area (Å²) in [6.45, 7) is 0. The van der Waals surface area contributed by atoms with E-state index in [1.165, 1.54) is 5.56 Å². The molecule has 0 amide bonds. The zero-order valence-electron chi connectivity index (χ0n) is 11.2. The van der Waals surface area contributed by atoms with Crippen LogP contribution in [0.2, 0.25) is 0 Å². The summed E-state index contributed by atoms with van der Waals surface area (Å²) < 4.78 is 7.23. The molecule has 1 atom stereocenters. The Morgan fingerprint density at radius 3 is 2.74 bits per heavy atom. The molecule has 102 valence electrons. The van der Waals surface area contributed by atoms with Crippen molar-refractivity contribution in [2.45, 2.75) is 12.8 Å². The first-order valence-corrected chi connectivity index (χ1v) is 7.37. The Kier molecular flexibility index (Phi) is 4.96. The van der Waals surface area contributed by atoms with Gasteiger partial charge in [0.05, 0.1) is 7.11 Å². The van der Waals surface area contributed by atoms with Gasteiger partial charge in [0.25, 0.3) is 0 Å². The number of alkyl halides is 1. The molecule has 0 saturated heterocycles. The number of benzene rings is 1. The van der Waals surface area contributed by atoms with Crippen LogP contribution in [0.15, 0.2) is 30.6 Å². The SMILES string of the molecule is COc1ccccc1CC(CBr)Cc1ncnn1C. The second-order valence-corrected chi connectivity index (χ2v) is 5.19. The van der Waals surface area contributed by atoms with E-state index in [0.717, 1.165) is 29.7 Å². The van der Waals surface area contributed by atoms with E-state index < -0.39 is 0 Å². The molecule has 1 unspecified atom stereocenters. The molecule has 0 radical (unpaired) electrons. The van der Waals surface area contributed by atoms with Crippen LogP contribution < -0.4 is 4.74 Å². The number of ether oxygens (including phenoxy) is 1. The van der Waals surface area contributed by atoms with E-state index in [1.807, 2.05) is 29.9 Å². The third-order valence-corrected chi connectivity index (χ3v) is 4.11. The first-order valence-electron chi connectivity index (χ1n) is 6.25. The van der Waals surface area contributed by atoms with Crippen LogP contribution in [-0.2, 0) is 19.9 Å². The Hall–Kier alpha value is -1.36. The molecule has 0 saturated carbocycles. The van der Waals surface area contributed by atoms with Crippen LogP contribution >= 0.6 is 15.9 Å². The molecule has 0 aliphatic carbocycles. The highest BCUT2D eigenvalue weighted by Crippen LogP contribution is 2.23. The minimum atomic E-state index is 0.471. The Balaban J connectivity index is 2.09. The number of nitrogens with zero attached hydrogens (tertiary/aromatic N) is 3. The van der Waals surface area contributed by atoms with Gasteiger partial charge in [-0.15, -0.1) is 0 Å². The van der Waals surface area contributed by atoms with Crippen LogP contribution in [-0.4, -0.2) is 27.2 Å². The first-order chi connectivity index (χ1) is 9.24. The van der Waals surface area contributed by atoms with Gasteiger partial charge in [0.1, 0.15) is 17.9 Å². The maximum atomic E-state index is 5.40. The molecule has 1 heterocycles. The lowest BCUT2D eigenvalue weighted by molar-refractivity contribution is 0.405. The van der Waals surface area contributed by atoms with E-state index in [9.17, 15) is 0 Å². The van der Waals surface area contributed by atoms with Crippen molar-refractivity contribution < 1.29 is 4.74 Å². The largest absolute Gasteiger partial charge is 0.496 e. The quantitative estimate of drug-likeness (QED) is 0.767. The third-order valence-electron chi connectivity index (χ3n) is 3.20. The Morgan fingerprint density at radius 1 is 1.32 bits per heavy atom. The summed E-state index contributed by atoms with van der Waals surface area (Å²) >= 11 is 3.59. The average molecular weight is 324 g/mol. The smallest absolute Gasteiger partial charge is 0.138 e. The Morgan fingerprint density at radius 2 is 2.11 bits per heavy atom. The van der Waals surface area contributed by atoms with E-state index in [0.29, 0.717) is 5.92 Å². The van der Waals surface area contributed by atoms with Gasteiger partial charge in [-0.05, 0) is 24.0 Å². The molecule has 0 fully saturated rings. The number of hydrogen-bond acceptors (Lipinski definition) is 3. The molecule has 0 aliphatic heterocycles. The number of rotatable bonds is 6. The van der Waals surface area contributed by atoms with Gasteiger partial charge in [0, 0.05) is 18.8 Å². The fourth-order valence-electron chi connectivity index (χ4n) is 2.13. The van der Waals surface area contributed by atoms with Gasteiger partial charge in [-0.3, -0.25) is 4.68 Å². The molecular weight excluding hydrogens is 306 g/mol. The maximum absolute atomic E-state index is 5.40. The molecule has 1 aromatic carbocycles. The lowest BCUT2D eigenvalue weighted by Crippen LogP contribution is -2.14. The van der Waals surface area contributed by atoms with Crippen LogP contribution in [0.25, 0.3) is 0 Å². The van der Waals surface area contributed by atoms with Gasteiger partial charge in [-0.25, -0.2) is 4.98 Å². The van der Waals surface area contributed by atoms with Gasteiger partial charge in [0.15, 0.2) is 0 Å². The van der Waals surface area contributed by atoms with Crippen molar-refractivity contribution in [2.24, 2.45) is 13.0 Å². The van der Waals surface area contributed by atoms with Gasteiger partial charge in [-0.2, -0.15) is 5.10 Å². The molecule has 0 N–H and O–H groups in total. The van der Waals surface area contributed by atoms with Gasteiger partial charge >= 0.3 is 0 Å². The summed E-state index contributed by atoms with van der Waals surface area (Å²) in [6, 6.07) is 8.16. The van der Waals surface area contributed by atoms with E-state index in [1.54, 1.807) is 13.4 Å². The first kappa shape index (κ1) is 14.1. The Labute approximate surface area is 121 Å². The molecular formula is C14H18BrN3O. The highest BCUT2D eigenvalue weighted by Gasteiger charge is 2.14. The average Bonchev–Trinajstić information content (AvgIpc) is 2.84. The van der Waals surface area contributed by atoms with Crippen molar-refractivity contribution in [3.8, 4) is 5.75 Å². The number of aromatic nitrogens is 3. The zero-order chi connectivity index (χ0) is 13.7. The Bertz CT molecular complexity index is 527. The highest BCUT2D eigenvalue weighted by atomic mass is 79.9. The predicted octanol–water partition coefficient (Wildman–Crippen LogP) is 2.62. The minimum Gasteiger partial charge on any atom is -0.496 e. The molecule has 4 nitrogen and oxygen atoms in total. The van der Waals surface area contributed by atoms with Crippen molar-refractivity contribution in [2.75, 3.05) is 12.4 Å². The number of aryl methyl sites for hydroxylation is 1. The number of para-hydroxylation sites is 1. The lowest BCUT2D eigenvalue weighted by Gasteiger charge is -2.15. The van der Waals surface area contributed by atoms with Gasteiger partial charge < -0.3 is 4.74 Å². The zero-order valence-corrected chi connectivity index (χ0v) is 12.8. The summed E-state index contributed by atoms with van der Waals surface area (Å²) in [7, 11) is 3.64. The lowest BCUT2D eigenvalue weighted by atomic mass is 9.97. The van der Waals surface area contributed by atoms with Crippen LogP contribution in [0.4, 0.5) is 0 Å². The fraction of sp³-hybridized carbons (Fsp3) is 0.429. The highest BCUT2D eigenvalue weighted by molar-refractivity contribution is 9.09. The normalized spacial score (nSPS) is 12.4. The van der Waals surface area contributed by atoms with Crippen LogP contribution in [0, 0.1) is 5.92 Å². The topological polar surface area (TPSA) is 39.9 Å². The van der Waals surface area contributed by atoms with Gasteiger partial charge in [0.2, 0.25) is 0 Å². The molecule has 0 aliphatic rings. The van der Waals surface area contributed by atoms with Crippen molar-refractivity contribution in [1.29, 1.82) is 0 Å². The molecule has 2 aromatic rings. The molecule has 19 heavy (non-hydrogen) atoms. The second kappa shape index (κ2) is 6.70. The molecule has 5 heteroatoms. The van der Waals surface area contributed by atoms with E-state index in [-0.39, 0.29) is 0 Å². The van der Waals surface area contributed by atoms with Crippen molar-refractivity contribution in [3.63, 3.8) is 0 Å². The molecule has 0 bridgehead atoms. The van der Waals surface area contributed by atoms with Crippen molar-refractivity contribution >= 4 is 15.9 Å². The van der Waals surface area contributed by atoms with E-state index >= 15 is 0 Å². The molecule has 1 aromatic heterocycles. The summed E-state index contributed by atoms with van der Waals surface area (Å²) in [6.07, 6.45) is 3.46. The maximum Gasteiger partial charge on any atom is 0.138 e.